The molecule has 1 aromatic carbocycles. The molecule has 0 aliphatic heterocycles. The largest absolute Gasteiger partial charge is 0.493 e. The summed E-state index contributed by atoms with van der Waals surface area (Å²) in [6.07, 6.45) is 0.676. The van der Waals surface area contributed by atoms with Crippen LogP contribution in [0.3, 0.4) is 0 Å². The standard InChI is InChI=1S/C16H24O3/c1-6-13-9-14(18-10-11(2)3)7-8-15(13)16(17)19-12(4)5/h7-9,11-12H,6,10H2,1-5H3. The lowest BCUT2D eigenvalue weighted by Gasteiger charge is -2.13. The van der Waals surface area contributed by atoms with Crippen LogP contribution in [-0.4, -0.2) is 18.7 Å². The third-order valence-electron chi connectivity index (χ3n) is 2.60. The number of aryl methyl sites for hydroxylation is 1. The van der Waals surface area contributed by atoms with Gasteiger partial charge in [0, 0.05) is 0 Å². The molecule has 0 aliphatic carbocycles. The summed E-state index contributed by atoms with van der Waals surface area (Å²) in [5.41, 5.74) is 1.60. The summed E-state index contributed by atoms with van der Waals surface area (Å²) >= 11 is 0. The normalized spacial score (nSPS) is 10.9. The van der Waals surface area contributed by atoms with Gasteiger partial charge in [0.2, 0.25) is 0 Å². The van der Waals surface area contributed by atoms with E-state index in [4.69, 9.17) is 9.47 Å². The van der Waals surface area contributed by atoms with Gasteiger partial charge in [0.05, 0.1) is 18.3 Å². The maximum Gasteiger partial charge on any atom is 0.338 e. The van der Waals surface area contributed by atoms with E-state index in [1.54, 1.807) is 6.07 Å². The molecular weight excluding hydrogens is 240 g/mol. The van der Waals surface area contributed by atoms with Crippen LogP contribution in [0.15, 0.2) is 18.2 Å². The summed E-state index contributed by atoms with van der Waals surface area (Å²) in [6.45, 7) is 10.6. The van der Waals surface area contributed by atoms with Gasteiger partial charge < -0.3 is 9.47 Å². The molecule has 0 bridgehead atoms. The zero-order chi connectivity index (χ0) is 14.4. The van der Waals surface area contributed by atoms with Gasteiger partial charge in [-0.15, -0.1) is 0 Å². The van der Waals surface area contributed by atoms with Crippen molar-refractivity contribution in [2.24, 2.45) is 5.92 Å². The third-order valence-corrected chi connectivity index (χ3v) is 2.60. The number of benzene rings is 1. The minimum Gasteiger partial charge on any atom is -0.493 e. The molecule has 0 unspecified atom stereocenters. The van der Waals surface area contributed by atoms with Crippen LogP contribution in [-0.2, 0) is 11.2 Å². The van der Waals surface area contributed by atoms with E-state index in [9.17, 15) is 4.79 Å². The molecule has 1 aromatic rings. The molecule has 0 saturated carbocycles. The van der Waals surface area contributed by atoms with Crippen molar-refractivity contribution in [3.05, 3.63) is 29.3 Å². The van der Waals surface area contributed by atoms with Gasteiger partial charge in [-0.25, -0.2) is 4.79 Å². The average molecular weight is 264 g/mol. The van der Waals surface area contributed by atoms with Gasteiger partial charge in [-0.05, 0) is 49.9 Å². The first-order valence-corrected chi connectivity index (χ1v) is 6.90. The van der Waals surface area contributed by atoms with Gasteiger partial charge in [-0.3, -0.25) is 0 Å². The van der Waals surface area contributed by atoms with E-state index in [1.165, 1.54) is 0 Å². The fraction of sp³-hybridized carbons (Fsp3) is 0.562. The van der Waals surface area contributed by atoms with Crippen LogP contribution in [0.5, 0.6) is 5.75 Å². The lowest BCUT2D eigenvalue weighted by Crippen LogP contribution is -2.13. The van der Waals surface area contributed by atoms with Crippen molar-refractivity contribution in [2.75, 3.05) is 6.61 Å². The first-order chi connectivity index (χ1) is 8.93. The van der Waals surface area contributed by atoms with Crippen LogP contribution in [0, 0.1) is 5.92 Å². The monoisotopic (exact) mass is 264 g/mol. The Kier molecular flexibility index (Phi) is 5.87. The van der Waals surface area contributed by atoms with Gasteiger partial charge in [0.15, 0.2) is 0 Å². The predicted octanol–water partition coefficient (Wildman–Crippen LogP) is 3.85. The van der Waals surface area contributed by atoms with Crippen molar-refractivity contribution < 1.29 is 14.3 Å². The lowest BCUT2D eigenvalue weighted by atomic mass is 10.0. The van der Waals surface area contributed by atoms with Crippen molar-refractivity contribution in [3.8, 4) is 5.75 Å². The van der Waals surface area contributed by atoms with Crippen LogP contribution in [0.2, 0.25) is 0 Å². The molecule has 0 aromatic heterocycles. The van der Waals surface area contributed by atoms with E-state index in [1.807, 2.05) is 32.9 Å². The number of hydrogen-bond acceptors (Lipinski definition) is 3. The van der Waals surface area contributed by atoms with Gasteiger partial charge in [-0.1, -0.05) is 20.8 Å². The van der Waals surface area contributed by atoms with Crippen LogP contribution < -0.4 is 4.74 Å². The Labute approximate surface area is 115 Å². The SMILES string of the molecule is CCc1cc(OCC(C)C)ccc1C(=O)OC(C)C. The topological polar surface area (TPSA) is 35.5 Å². The fourth-order valence-electron chi connectivity index (χ4n) is 1.69. The van der Waals surface area contributed by atoms with E-state index >= 15 is 0 Å². The Balaban J connectivity index is 2.87. The molecular formula is C16H24O3. The lowest BCUT2D eigenvalue weighted by molar-refractivity contribution is 0.0376. The molecule has 0 fully saturated rings. The quantitative estimate of drug-likeness (QED) is 0.732. The van der Waals surface area contributed by atoms with Crippen LogP contribution in [0.4, 0.5) is 0 Å². The molecule has 19 heavy (non-hydrogen) atoms. The summed E-state index contributed by atoms with van der Waals surface area (Å²) in [5, 5.41) is 0. The second-order valence-electron chi connectivity index (χ2n) is 5.33. The molecule has 3 heteroatoms. The highest BCUT2D eigenvalue weighted by atomic mass is 16.5. The summed E-state index contributed by atoms with van der Waals surface area (Å²) < 4.78 is 10.9. The summed E-state index contributed by atoms with van der Waals surface area (Å²) in [4.78, 5) is 11.9. The van der Waals surface area contributed by atoms with Crippen molar-refractivity contribution in [3.63, 3.8) is 0 Å². The summed E-state index contributed by atoms with van der Waals surface area (Å²) in [5.74, 6) is 1.03. The molecule has 0 atom stereocenters. The molecule has 0 heterocycles. The molecule has 0 saturated heterocycles. The second-order valence-corrected chi connectivity index (χ2v) is 5.33. The maximum absolute atomic E-state index is 11.9. The number of carbonyl (C=O) groups excluding carboxylic acids is 1. The zero-order valence-corrected chi connectivity index (χ0v) is 12.5. The van der Waals surface area contributed by atoms with Gasteiger partial charge >= 0.3 is 5.97 Å². The Morgan fingerprint density at radius 3 is 2.42 bits per heavy atom. The summed E-state index contributed by atoms with van der Waals surface area (Å²) in [7, 11) is 0. The fourth-order valence-corrected chi connectivity index (χ4v) is 1.69. The highest BCUT2D eigenvalue weighted by Crippen LogP contribution is 2.20. The number of hydrogen-bond donors (Lipinski definition) is 0. The molecule has 3 nitrogen and oxygen atoms in total. The molecule has 0 aliphatic rings. The molecule has 1 rings (SSSR count). The van der Waals surface area contributed by atoms with Crippen molar-refractivity contribution in [1.82, 2.24) is 0 Å². The summed E-state index contributed by atoms with van der Waals surface area (Å²) in [6, 6.07) is 5.55. The van der Waals surface area contributed by atoms with Crippen LogP contribution in [0.25, 0.3) is 0 Å². The predicted molar refractivity (Wildman–Crippen MR) is 76.7 cm³/mol. The highest BCUT2D eigenvalue weighted by Gasteiger charge is 2.14. The number of ether oxygens (including phenoxy) is 2. The number of carbonyl (C=O) groups is 1. The average Bonchev–Trinajstić information content (AvgIpc) is 2.35. The third kappa shape index (κ3) is 4.93. The highest BCUT2D eigenvalue weighted by molar-refractivity contribution is 5.91. The smallest absolute Gasteiger partial charge is 0.338 e. The first-order valence-electron chi connectivity index (χ1n) is 6.90. The first kappa shape index (κ1) is 15.5. The number of esters is 1. The van der Waals surface area contributed by atoms with Crippen molar-refractivity contribution in [1.29, 1.82) is 0 Å². The number of rotatable bonds is 6. The molecule has 0 radical (unpaired) electrons. The minimum absolute atomic E-state index is 0.103. The van der Waals surface area contributed by atoms with Crippen LogP contribution in [0.1, 0.15) is 50.5 Å². The van der Waals surface area contributed by atoms with Crippen molar-refractivity contribution >= 4 is 5.97 Å². The molecule has 0 N–H and O–H groups in total. The Bertz CT molecular complexity index is 422. The van der Waals surface area contributed by atoms with E-state index in [0.29, 0.717) is 18.1 Å². The van der Waals surface area contributed by atoms with E-state index < -0.39 is 0 Å². The van der Waals surface area contributed by atoms with Gasteiger partial charge in [0.1, 0.15) is 5.75 Å². The molecule has 0 amide bonds. The van der Waals surface area contributed by atoms with E-state index in [-0.39, 0.29) is 12.1 Å². The van der Waals surface area contributed by atoms with Crippen molar-refractivity contribution in [2.45, 2.75) is 47.1 Å². The van der Waals surface area contributed by atoms with Gasteiger partial charge in [0.25, 0.3) is 0 Å². The maximum atomic E-state index is 11.9. The Hall–Kier alpha value is -1.51. The second kappa shape index (κ2) is 7.17. The van der Waals surface area contributed by atoms with E-state index in [0.717, 1.165) is 17.7 Å². The zero-order valence-electron chi connectivity index (χ0n) is 12.5. The molecule has 106 valence electrons. The molecule has 0 spiro atoms. The van der Waals surface area contributed by atoms with Crippen LogP contribution >= 0.6 is 0 Å². The van der Waals surface area contributed by atoms with Gasteiger partial charge in [-0.2, -0.15) is 0 Å². The Morgan fingerprint density at radius 1 is 1.21 bits per heavy atom. The van der Waals surface area contributed by atoms with E-state index in [2.05, 4.69) is 13.8 Å². The minimum atomic E-state index is -0.262. The Morgan fingerprint density at radius 2 is 1.89 bits per heavy atom.